The van der Waals surface area contributed by atoms with Crippen LogP contribution in [-0.4, -0.2) is 33.1 Å². The number of aromatic nitrogens is 4. The minimum Gasteiger partial charge on any atom is -0.368 e. The predicted molar refractivity (Wildman–Crippen MR) is 106 cm³/mol. The lowest BCUT2D eigenvalue weighted by Crippen LogP contribution is -2.43. The zero-order valence-electron chi connectivity index (χ0n) is 15.7. The topological polar surface area (TPSA) is 84.8 Å². The van der Waals surface area contributed by atoms with Gasteiger partial charge in [-0.2, -0.15) is 4.98 Å². The molecule has 0 radical (unpaired) electrons. The van der Waals surface area contributed by atoms with Crippen molar-refractivity contribution in [1.82, 2.24) is 19.7 Å². The minimum atomic E-state index is -0.499. The SMILES string of the molecule is COC1(c2nc(N3C=NC4c5ccccc5-n5c(cnc5Cl)N43)no2)CCCC1. The summed E-state index contributed by atoms with van der Waals surface area (Å²) in [6.45, 7) is 0. The Morgan fingerprint density at radius 3 is 2.90 bits per heavy atom. The predicted octanol–water partition coefficient (Wildman–Crippen LogP) is 3.61. The Kier molecular flexibility index (Phi) is 3.54. The Morgan fingerprint density at radius 2 is 2.07 bits per heavy atom. The Bertz CT molecular complexity index is 1120. The summed E-state index contributed by atoms with van der Waals surface area (Å²) in [7, 11) is 1.70. The van der Waals surface area contributed by atoms with Gasteiger partial charge in [0.2, 0.25) is 5.28 Å². The molecule has 0 saturated heterocycles. The van der Waals surface area contributed by atoms with Gasteiger partial charge in [0.1, 0.15) is 11.9 Å². The van der Waals surface area contributed by atoms with Crippen LogP contribution in [0.5, 0.6) is 0 Å². The van der Waals surface area contributed by atoms with Crippen molar-refractivity contribution in [3.63, 3.8) is 0 Å². The van der Waals surface area contributed by atoms with Crippen molar-refractivity contribution in [1.29, 1.82) is 0 Å². The number of imidazole rings is 1. The van der Waals surface area contributed by atoms with Crippen LogP contribution in [0.2, 0.25) is 5.28 Å². The minimum absolute atomic E-state index is 0.253. The van der Waals surface area contributed by atoms with Gasteiger partial charge in [-0.15, -0.1) is 0 Å². The smallest absolute Gasteiger partial charge is 0.290 e. The van der Waals surface area contributed by atoms with Gasteiger partial charge < -0.3 is 9.26 Å². The molecule has 3 aliphatic rings. The second kappa shape index (κ2) is 6.04. The van der Waals surface area contributed by atoms with Gasteiger partial charge in [0, 0.05) is 12.7 Å². The van der Waals surface area contributed by atoms with E-state index in [-0.39, 0.29) is 6.17 Å². The number of hydrogen-bond acceptors (Lipinski definition) is 8. The molecule has 1 aromatic carbocycles. The first-order valence-corrected chi connectivity index (χ1v) is 9.93. The highest BCUT2D eigenvalue weighted by atomic mass is 35.5. The molecule has 3 aromatic rings. The second-order valence-corrected chi connectivity index (χ2v) is 7.75. The molecule has 6 rings (SSSR count). The van der Waals surface area contributed by atoms with E-state index in [1.165, 1.54) is 0 Å². The first-order valence-electron chi connectivity index (χ1n) is 9.55. The van der Waals surface area contributed by atoms with Gasteiger partial charge in [0.05, 0.1) is 11.9 Å². The van der Waals surface area contributed by atoms with E-state index in [1.54, 1.807) is 24.7 Å². The number of para-hydroxylation sites is 1. The number of ether oxygens (including phenoxy) is 1. The molecular weight excluding hydrogens is 394 g/mol. The Labute approximate surface area is 171 Å². The maximum absolute atomic E-state index is 6.40. The molecule has 0 spiro atoms. The maximum Gasteiger partial charge on any atom is 0.290 e. The zero-order valence-corrected chi connectivity index (χ0v) is 16.5. The van der Waals surface area contributed by atoms with Gasteiger partial charge in [-0.3, -0.25) is 4.57 Å². The summed E-state index contributed by atoms with van der Waals surface area (Å²) in [6, 6.07) is 8.01. The fourth-order valence-corrected chi connectivity index (χ4v) is 4.75. The largest absolute Gasteiger partial charge is 0.368 e. The van der Waals surface area contributed by atoms with Crippen LogP contribution in [0.3, 0.4) is 0 Å². The molecule has 1 atom stereocenters. The van der Waals surface area contributed by atoms with E-state index in [0.29, 0.717) is 17.1 Å². The Morgan fingerprint density at radius 1 is 1.24 bits per heavy atom. The molecule has 0 amide bonds. The van der Waals surface area contributed by atoms with Crippen LogP contribution in [0.4, 0.5) is 11.8 Å². The number of rotatable bonds is 3. The van der Waals surface area contributed by atoms with E-state index in [2.05, 4.69) is 15.1 Å². The molecule has 10 heteroatoms. The molecular formula is C19H18ClN7O2. The van der Waals surface area contributed by atoms with Crippen LogP contribution >= 0.6 is 11.6 Å². The number of halogens is 1. The van der Waals surface area contributed by atoms with Crippen molar-refractivity contribution in [3.05, 3.63) is 47.2 Å². The highest BCUT2D eigenvalue weighted by Gasteiger charge is 2.44. The van der Waals surface area contributed by atoms with Crippen LogP contribution < -0.4 is 10.0 Å². The van der Waals surface area contributed by atoms with Crippen molar-refractivity contribution in [2.24, 2.45) is 4.99 Å². The molecule has 1 fully saturated rings. The van der Waals surface area contributed by atoms with Crippen LogP contribution in [0.25, 0.3) is 5.69 Å². The molecule has 0 N–H and O–H groups in total. The number of methoxy groups -OCH3 is 1. The van der Waals surface area contributed by atoms with E-state index in [4.69, 9.17) is 25.9 Å². The average molecular weight is 412 g/mol. The third kappa shape index (κ3) is 2.25. The summed E-state index contributed by atoms with van der Waals surface area (Å²) in [4.78, 5) is 13.7. The molecule has 148 valence electrons. The number of anilines is 2. The first-order chi connectivity index (χ1) is 14.2. The highest BCUT2D eigenvalue weighted by molar-refractivity contribution is 6.29. The van der Waals surface area contributed by atoms with E-state index >= 15 is 0 Å². The van der Waals surface area contributed by atoms with Gasteiger partial charge in [-0.25, -0.2) is 20.0 Å². The summed E-state index contributed by atoms with van der Waals surface area (Å²) in [5.41, 5.74) is 1.48. The van der Waals surface area contributed by atoms with Crippen LogP contribution in [0, 0.1) is 0 Å². The lowest BCUT2D eigenvalue weighted by molar-refractivity contribution is -0.0342. The van der Waals surface area contributed by atoms with Gasteiger partial charge in [0.15, 0.2) is 12.0 Å². The second-order valence-electron chi connectivity index (χ2n) is 7.41. The van der Waals surface area contributed by atoms with Crippen molar-refractivity contribution in [2.45, 2.75) is 37.5 Å². The maximum atomic E-state index is 6.40. The van der Waals surface area contributed by atoms with Crippen LogP contribution in [-0.2, 0) is 10.3 Å². The van der Waals surface area contributed by atoms with E-state index in [1.807, 2.05) is 33.8 Å². The van der Waals surface area contributed by atoms with Gasteiger partial charge in [-0.1, -0.05) is 18.2 Å². The lowest BCUT2D eigenvalue weighted by atomic mass is 10.0. The van der Waals surface area contributed by atoms with E-state index in [0.717, 1.165) is 42.8 Å². The quantitative estimate of drug-likeness (QED) is 0.650. The summed E-state index contributed by atoms with van der Waals surface area (Å²) < 4.78 is 13.3. The molecule has 29 heavy (non-hydrogen) atoms. The third-order valence-corrected chi connectivity index (χ3v) is 6.25. The van der Waals surface area contributed by atoms with Crippen molar-refractivity contribution in [3.8, 4) is 5.69 Å². The molecule has 1 aliphatic carbocycles. The molecule has 0 bridgehead atoms. The van der Waals surface area contributed by atoms with Crippen LogP contribution in [0.15, 0.2) is 40.0 Å². The number of nitrogens with zero attached hydrogens (tertiary/aromatic N) is 7. The van der Waals surface area contributed by atoms with Gasteiger partial charge in [0.25, 0.3) is 11.8 Å². The molecule has 9 nitrogen and oxygen atoms in total. The van der Waals surface area contributed by atoms with Crippen molar-refractivity contribution in [2.75, 3.05) is 17.1 Å². The molecule has 2 aromatic heterocycles. The number of hydrogen-bond donors (Lipinski definition) is 0. The summed E-state index contributed by atoms with van der Waals surface area (Å²) in [6.07, 6.45) is 7.10. The molecule has 4 heterocycles. The number of benzene rings is 1. The normalized spacial score (nSPS) is 21.4. The summed E-state index contributed by atoms with van der Waals surface area (Å²) >= 11 is 6.40. The number of fused-ring (bicyclic) bond motifs is 6. The Hall–Kier alpha value is -2.91. The van der Waals surface area contributed by atoms with Crippen molar-refractivity contribution >= 4 is 29.7 Å². The molecule has 2 aliphatic heterocycles. The third-order valence-electron chi connectivity index (χ3n) is 5.98. The fraction of sp³-hybridized carbons (Fsp3) is 0.368. The lowest BCUT2D eigenvalue weighted by Gasteiger charge is -2.36. The number of aliphatic imine (C=N–C) groups is 1. The molecule has 1 saturated carbocycles. The highest BCUT2D eigenvalue weighted by Crippen LogP contribution is 2.45. The van der Waals surface area contributed by atoms with E-state index in [9.17, 15) is 0 Å². The Balaban J connectivity index is 1.43. The van der Waals surface area contributed by atoms with E-state index < -0.39 is 5.60 Å². The summed E-state index contributed by atoms with van der Waals surface area (Å²) in [5, 5.41) is 8.35. The average Bonchev–Trinajstić information content (AvgIpc) is 3.52. The first kappa shape index (κ1) is 17.0. The van der Waals surface area contributed by atoms with Crippen LogP contribution in [0.1, 0.15) is 43.3 Å². The van der Waals surface area contributed by atoms with Gasteiger partial charge >= 0.3 is 0 Å². The zero-order chi connectivity index (χ0) is 19.6. The summed E-state index contributed by atoms with van der Waals surface area (Å²) in [5.74, 6) is 1.69. The number of hydrazine groups is 1. The van der Waals surface area contributed by atoms with Crippen molar-refractivity contribution < 1.29 is 9.26 Å². The standard InChI is InChI=1S/C19H18ClN7O2/c1-28-19(8-4-5-9-19)16-23-18(24-29-16)25-11-22-15-12-6-2-3-7-13(12)26-14(27(15)25)10-21-17(26)20/h2-3,6-7,10-11,15H,4-5,8-9H2,1H3. The fourth-order valence-electron chi connectivity index (χ4n) is 4.52. The van der Waals surface area contributed by atoms with Gasteiger partial charge in [-0.05, 0) is 48.5 Å². The molecule has 1 unspecified atom stereocenters. The monoisotopic (exact) mass is 411 g/mol.